The number of carbonyl (C=O) groups excluding carboxylic acids is 1. The predicted octanol–water partition coefficient (Wildman–Crippen LogP) is 2.18. The molecule has 0 bridgehead atoms. The minimum Gasteiger partial charge on any atom is -0.469 e. The van der Waals surface area contributed by atoms with Gasteiger partial charge in [0.05, 0.1) is 18.4 Å². The summed E-state index contributed by atoms with van der Waals surface area (Å²) in [5.41, 5.74) is 0.0501. The maximum absolute atomic E-state index is 11.9. The molecular formula is C16H26N2O4. The molecule has 0 aromatic carbocycles. The first kappa shape index (κ1) is 16.8. The number of amides is 1. The molecule has 2 heterocycles. The fourth-order valence-corrected chi connectivity index (χ4v) is 2.62. The molecule has 0 aliphatic carbocycles. The molecule has 2 N–H and O–H groups in total. The molecule has 1 aliphatic rings. The van der Waals surface area contributed by atoms with Crippen molar-refractivity contribution in [1.29, 1.82) is 0 Å². The van der Waals surface area contributed by atoms with E-state index in [1.165, 1.54) is 0 Å². The van der Waals surface area contributed by atoms with Gasteiger partial charge in [-0.05, 0) is 33.8 Å². The lowest BCUT2D eigenvalue weighted by Gasteiger charge is -2.38. The molecule has 1 unspecified atom stereocenters. The van der Waals surface area contributed by atoms with Gasteiger partial charge in [-0.3, -0.25) is 0 Å². The van der Waals surface area contributed by atoms with Crippen molar-refractivity contribution in [2.45, 2.75) is 45.3 Å². The fourth-order valence-electron chi connectivity index (χ4n) is 2.62. The van der Waals surface area contributed by atoms with E-state index in [4.69, 9.17) is 13.9 Å². The van der Waals surface area contributed by atoms with Crippen LogP contribution >= 0.6 is 0 Å². The summed E-state index contributed by atoms with van der Waals surface area (Å²) in [5.74, 6) is 0.949. The SMILES string of the molecule is CCOCC1(CNC(=O)OC(C)(C)C)NCCc2occc21. The summed E-state index contributed by atoms with van der Waals surface area (Å²) in [6, 6.07) is 1.94. The molecule has 0 saturated heterocycles. The van der Waals surface area contributed by atoms with E-state index < -0.39 is 17.2 Å². The van der Waals surface area contributed by atoms with E-state index in [-0.39, 0.29) is 0 Å². The Kier molecular flexibility index (Phi) is 5.13. The van der Waals surface area contributed by atoms with E-state index in [0.29, 0.717) is 19.8 Å². The van der Waals surface area contributed by atoms with Gasteiger partial charge in [-0.2, -0.15) is 0 Å². The van der Waals surface area contributed by atoms with Crippen LogP contribution in [-0.4, -0.2) is 38.0 Å². The molecule has 6 heteroatoms. The van der Waals surface area contributed by atoms with Crippen LogP contribution < -0.4 is 10.6 Å². The summed E-state index contributed by atoms with van der Waals surface area (Å²) in [6.07, 6.45) is 2.09. The molecule has 0 fully saturated rings. The molecule has 1 aromatic rings. The monoisotopic (exact) mass is 310 g/mol. The van der Waals surface area contributed by atoms with Crippen LogP contribution in [0, 0.1) is 0 Å². The first-order chi connectivity index (χ1) is 10.4. The van der Waals surface area contributed by atoms with Crippen molar-refractivity contribution in [2.75, 3.05) is 26.3 Å². The fraction of sp³-hybridized carbons (Fsp3) is 0.688. The molecule has 1 amide bonds. The van der Waals surface area contributed by atoms with Crippen LogP contribution in [0.25, 0.3) is 0 Å². The van der Waals surface area contributed by atoms with E-state index in [9.17, 15) is 4.79 Å². The Balaban J connectivity index is 2.10. The molecule has 0 radical (unpaired) electrons. The molecule has 22 heavy (non-hydrogen) atoms. The average molecular weight is 310 g/mol. The number of carbonyl (C=O) groups is 1. The summed E-state index contributed by atoms with van der Waals surface area (Å²) in [4.78, 5) is 11.9. The second-order valence-electron chi connectivity index (χ2n) is 6.51. The van der Waals surface area contributed by atoms with Crippen molar-refractivity contribution < 1.29 is 18.7 Å². The lowest BCUT2D eigenvalue weighted by Crippen LogP contribution is -2.57. The van der Waals surface area contributed by atoms with Crippen LogP contribution in [0.3, 0.4) is 0 Å². The average Bonchev–Trinajstić information content (AvgIpc) is 2.91. The van der Waals surface area contributed by atoms with Gasteiger partial charge in [0.1, 0.15) is 11.4 Å². The number of furan rings is 1. The highest BCUT2D eigenvalue weighted by Gasteiger charge is 2.39. The molecule has 124 valence electrons. The van der Waals surface area contributed by atoms with Crippen LogP contribution in [0.5, 0.6) is 0 Å². The van der Waals surface area contributed by atoms with Crippen molar-refractivity contribution in [3.05, 3.63) is 23.7 Å². The molecule has 0 saturated carbocycles. The van der Waals surface area contributed by atoms with Crippen molar-refractivity contribution in [2.24, 2.45) is 0 Å². The summed E-state index contributed by atoms with van der Waals surface area (Å²) in [6.45, 7) is 9.72. The number of alkyl carbamates (subject to hydrolysis) is 1. The van der Waals surface area contributed by atoms with Crippen molar-refractivity contribution >= 4 is 6.09 Å². The van der Waals surface area contributed by atoms with Crippen LogP contribution in [0.15, 0.2) is 16.7 Å². The van der Waals surface area contributed by atoms with Crippen molar-refractivity contribution in [3.8, 4) is 0 Å². The summed E-state index contributed by atoms with van der Waals surface area (Å²) >= 11 is 0. The summed E-state index contributed by atoms with van der Waals surface area (Å²) < 4.78 is 16.5. The minimum absolute atomic E-state index is 0.383. The number of rotatable bonds is 5. The van der Waals surface area contributed by atoms with Gasteiger partial charge >= 0.3 is 6.09 Å². The molecule has 2 rings (SSSR count). The first-order valence-electron chi connectivity index (χ1n) is 7.73. The Morgan fingerprint density at radius 2 is 2.27 bits per heavy atom. The zero-order chi connectivity index (χ0) is 16.2. The molecular weight excluding hydrogens is 284 g/mol. The highest BCUT2D eigenvalue weighted by atomic mass is 16.6. The topological polar surface area (TPSA) is 72.7 Å². The van der Waals surface area contributed by atoms with E-state index in [2.05, 4.69) is 10.6 Å². The standard InChI is InChI=1S/C16H26N2O4/c1-5-20-11-16(10-17-14(19)22-15(2,3)4)12-7-9-21-13(12)6-8-18-16/h7,9,18H,5-6,8,10-11H2,1-4H3,(H,17,19). The Morgan fingerprint density at radius 1 is 1.50 bits per heavy atom. The lowest BCUT2D eigenvalue weighted by molar-refractivity contribution is 0.0427. The van der Waals surface area contributed by atoms with Crippen molar-refractivity contribution in [1.82, 2.24) is 10.6 Å². The van der Waals surface area contributed by atoms with Gasteiger partial charge in [0.2, 0.25) is 0 Å². The van der Waals surface area contributed by atoms with Gasteiger partial charge < -0.3 is 24.5 Å². The number of hydrogen-bond acceptors (Lipinski definition) is 5. The van der Waals surface area contributed by atoms with Crippen LogP contribution in [-0.2, 0) is 21.4 Å². The summed E-state index contributed by atoms with van der Waals surface area (Å²) in [7, 11) is 0. The first-order valence-corrected chi connectivity index (χ1v) is 7.73. The number of fused-ring (bicyclic) bond motifs is 1. The number of hydrogen-bond donors (Lipinski definition) is 2. The van der Waals surface area contributed by atoms with Gasteiger partial charge in [-0.1, -0.05) is 0 Å². The Morgan fingerprint density at radius 3 is 2.95 bits per heavy atom. The zero-order valence-corrected chi connectivity index (χ0v) is 13.8. The van der Waals surface area contributed by atoms with Gasteiger partial charge in [0.15, 0.2) is 0 Å². The smallest absolute Gasteiger partial charge is 0.407 e. The third-order valence-corrected chi connectivity index (χ3v) is 3.56. The van der Waals surface area contributed by atoms with Crippen LogP contribution in [0.1, 0.15) is 39.0 Å². The normalized spacial score (nSPS) is 21.3. The minimum atomic E-state index is -0.516. The maximum atomic E-state index is 11.9. The Labute approximate surface area is 131 Å². The zero-order valence-electron chi connectivity index (χ0n) is 13.8. The van der Waals surface area contributed by atoms with Crippen LogP contribution in [0.2, 0.25) is 0 Å². The van der Waals surface area contributed by atoms with E-state index >= 15 is 0 Å². The van der Waals surface area contributed by atoms with Gasteiger partial charge in [0.25, 0.3) is 0 Å². The van der Waals surface area contributed by atoms with Crippen LogP contribution in [0.4, 0.5) is 4.79 Å². The highest BCUT2D eigenvalue weighted by Crippen LogP contribution is 2.30. The second kappa shape index (κ2) is 6.71. The highest BCUT2D eigenvalue weighted by molar-refractivity contribution is 5.67. The van der Waals surface area contributed by atoms with E-state index in [1.54, 1.807) is 6.26 Å². The largest absolute Gasteiger partial charge is 0.469 e. The third kappa shape index (κ3) is 4.01. The van der Waals surface area contributed by atoms with E-state index in [0.717, 1.165) is 24.3 Å². The Bertz CT molecular complexity index is 506. The second-order valence-corrected chi connectivity index (χ2v) is 6.51. The molecule has 1 aromatic heterocycles. The van der Waals surface area contributed by atoms with Gasteiger partial charge in [-0.25, -0.2) is 4.79 Å². The van der Waals surface area contributed by atoms with Crippen molar-refractivity contribution in [3.63, 3.8) is 0 Å². The van der Waals surface area contributed by atoms with Gasteiger partial charge in [-0.15, -0.1) is 0 Å². The quantitative estimate of drug-likeness (QED) is 0.872. The van der Waals surface area contributed by atoms with Gasteiger partial charge in [0, 0.05) is 31.7 Å². The number of ether oxygens (including phenoxy) is 2. The number of nitrogens with one attached hydrogen (secondary N) is 2. The molecule has 0 spiro atoms. The summed E-state index contributed by atoms with van der Waals surface area (Å²) in [5, 5.41) is 6.32. The Hall–Kier alpha value is -1.53. The lowest BCUT2D eigenvalue weighted by atomic mass is 9.87. The molecule has 1 atom stereocenters. The maximum Gasteiger partial charge on any atom is 0.407 e. The third-order valence-electron chi connectivity index (χ3n) is 3.56. The predicted molar refractivity (Wildman–Crippen MR) is 82.8 cm³/mol. The molecule has 1 aliphatic heterocycles. The molecule has 6 nitrogen and oxygen atoms in total. The van der Waals surface area contributed by atoms with E-state index in [1.807, 2.05) is 33.8 Å².